The highest BCUT2D eigenvalue weighted by Gasteiger charge is 2.13. The summed E-state index contributed by atoms with van der Waals surface area (Å²) in [6.07, 6.45) is 2.36. The lowest BCUT2D eigenvalue weighted by Crippen LogP contribution is -2.13. The molecule has 2 aromatic rings. The molecule has 2 rings (SSSR count). The first kappa shape index (κ1) is 16.3. The van der Waals surface area contributed by atoms with Gasteiger partial charge in [-0.3, -0.25) is 4.79 Å². The van der Waals surface area contributed by atoms with Gasteiger partial charge in [-0.15, -0.1) is 0 Å². The molecule has 0 saturated carbocycles. The molecule has 0 heterocycles. The summed E-state index contributed by atoms with van der Waals surface area (Å²) in [5.41, 5.74) is 3.57. The zero-order valence-electron chi connectivity index (χ0n) is 13.7. The van der Waals surface area contributed by atoms with Gasteiger partial charge in [0.25, 0.3) is 0 Å². The fourth-order valence-corrected chi connectivity index (χ4v) is 2.37. The van der Waals surface area contributed by atoms with Crippen LogP contribution in [0.3, 0.4) is 0 Å². The minimum Gasteiger partial charge on any atom is -0.326 e. The van der Waals surface area contributed by atoms with E-state index in [1.807, 2.05) is 30.3 Å². The molecule has 116 valence electrons. The maximum absolute atomic E-state index is 12.0. The number of hydrogen-bond donors (Lipinski definition) is 1. The van der Waals surface area contributed by atoms with Crippen molar-refractivity contribution in [2.75, 3.05) is 5.32 Å². The first-order chi connectivity index (χ1) is 10.4. The average molecular weight is 295 g/mol. The van der Waals surface area contributed by atoms with Crippen molar-refractivity contribution in [3.63, 3.8) is 0 Å². The van der Waals surface area contributed by atoms with Gasteiger partial charge in [0.15, 0.2) is 0 Å². The van der Waals surface area contributed by atoms with E-state index in [1.165, 1.54) is 11.1 Å². The van der Waals surface area contributed by atoms with Gasteiger partial charge < -0.3 is 5.32 Å². The van der Waals surface area contributed by atoms with E-state index in [0.29, 0.717) is 6.42 Å². The molecule has 0 aliphatic heterocycles. The smallest absolute Gasteiger partial charge is 0.224 e. The molecule has 0 aromatic heterocycles. The quantitative estimate of drug-likeness (QED) is 0.831. The van der Waals surface area contributed by atoms with E-state index in [-0.39, 0.29) is 11.3 Å². The largest absolute Gasteiger partial charge is 0.326 e. The number of hydrogen-bond acceptors (Lipinski definition) is 1. The van der Waals surface area contributed by atoms with Crippen LogP contribution in [0, 0.1) is 0 Å². The number of aryl methyl sites for hydroxylation is 1. The van der Waals surface area contributed by atoms with Crippen LogP contribution in [0.5, 0.6) is 0 Å². The van der Waals surface area contributed by atoms with Gasteiger partial charge in [-0.25, -0.2) is 0 Å². The van der Waals surface area contributed by atoms with Crippen molar-refractivity contribution in [2.24, 2.45) is 0 Å². The summed E-state index contributed by atoms with van der Waals surface area (Å²) in [6.45, 7) is 6.55. The van der Waals surface area contributed by atoms with Crippen LogP contribution in [0.2, 0.25) is 0 Å². The van der Waals surface area contributed by atoms with Crippen molar-refractivity contribution in [1.29, 1.82) is 0 Å². The number of carbonyl (C=O) groups is 1. The lowest BCUT2D eigenvalue weighted by molar-refractivity contribution is -0.116. The molecule has 0 saturated heterocycles. The lowest BCUT2D eigenvalue weighted by atomic mass is 9.87. The summed E-state index contributed by atoms with van der Waals surface area (Å²) in [4.78, 5) is 12.0. The van der Waals surface area contributed by atoms with Crippen LogP contribution in [0.15, 0.2) is 54.6 Å². The predicted octanol–water partition coefficient (Wildman–Crippen LogP) is 4.95. The Balaban J connectivity index is 1.79. The molecule has 2 heteroatoms. The van der Waals surface area contributed by atoms with Gasteiger partial charge in [0.2, 0.25) is 5.91 Å². The molecule has 0 atom stereocenters. The van der Waals surface area contributed by atoms with Gasteiger partial charge in [-0.2, -0.15) is 0 Å². The highest BCUT2D eigenvalue weighted by molar-refractivity contribution is 5.90. The van der Waals surface area contributed by atoms with Crippen LogP contribution in [0.4, 0.5) is 5.69 Å². The number of amides is 1. The first-order valence-corrected chi connectivity index (χ1v) is 7.89. The standard InChI is InChI=1S/C20H25NO/c1-20(2,3)17-12-14-18(15-13-17)21-19(22)11-7-10-16-8-5-4-6-9-16/h4-6,8-9,12-15H,7,10-11H2,1-3H3,(H,21,22). The van der Waals surface area contributed by atoms with Crippen LogP contribution in [-0.2, 0) is 16.6 Å². The molecule has 2 aromatic carbocycles. The number of carbonyl (C=O) groups excluding carboxylic acids is 1. The molecule has 0 unspecified atom stereocenters. The Morgan fingerprint density at radius 3 is 2.18 bits per heavy atom. The molecule has 0 fully saturated rings. The van der Waals surface area contributed by atoms with Crippen molar-refractivity contribution >= 4 is 11.6 Å². The summed E-state index contributed by atoms with van der Waals surface area (Å²) in [7, 11) is 0. The van der Waals surface area contributed by atoms with E-state index in [4.69, 9.17) is 0 Å². The third kappa shape index (κ3) is 5.03. The fourth-order valence-electron chi connectivity index (χ4n) is 2.37. The van der Waals surface area contributed by atoms with E-state index < -0.39 is 0 Å². The maximum Gasteiger partial charge on any atom is 0.224 e. The molecule has 0 aliphatic carbocycles. The monoisotopic (exact) mass is 295 g/mol. The third-order valence-corrected chi connectivity index (χ3v) is 3.75. The Morgan fingerprint density at radius 1 is 0.955 bits per heavy atom. The van der Waals surface area contributed by atoms with Crippen LogP contribution in [0.1, 0.15) is 44.7 Å². The molecular weight excluding hydrogens is 270 g/mol. The number of nitrogens with one attached hydrogen (secondary N) is 1. The molecule has 0 spiro atoms. The predicted molar refractivity (Wildman–Crippen MR) is 93.2 cm³/mol. The van der Waals surface area contributed by atoms with Gasteiger partial charge in [0.05, 0.1) is 0 Å². The maximum atomic E-state index is 12.0. The Morgan fingerprint density at radius 2 is 1.59 bits per heavy atom. The van der Waals surface area contributed by atoms with Crippen molar-refractivity contribution in [1.82, 2.24) is 0 Å². The summed E-state index contributed by atoms with van der Waals surface area (Å²) < 4.78 is 0. The van der Waals surface area contributed by atoms with Crippen molar-refractivity contribution in [3.8, 4) is 0 Å². The highest BCUT2D eigenvalue weighted by atomic mass is 16.1. The number of rotatable bonds is 5. The van der Waals surface area contributed by atoms with E-state index in [0.717, 1.165) is 18.5 Å². The van der Waals surface area contributed by atoms with Crippen LogP contribution in [0.25, 0.3) is 0 Å². The molecule has 0 radical (unpaired) electrons. The van der Waals surface area contributed by atoms with Crippen LogP contribution < -0.4 is 5.32 Å². The Bertz CT molecular complexity index is 594. The second-order valence-electron chi connectivity index (χ2n) is 6.71. The van der Waals surface area contributed by atoms with E-state index >= 15 is 0 Å². The average Bonchev–Trinajstić information content (AvgIpc) is 2.48. The number of benzene rings is 2. The van der Waals surface area contributed by atoms with Crippen molar-refractivity contribution in [3.05, 3.63) is 65.7 Å². The molecular formula is C20H25NO. The summed E-state index contributed by atoms with van der Waals surface area (Å²) in [5, 5.41) is 2.97. The Kier molecular flexibility index (Phi) is 5.37. The van der Waals surface area contributed by atoms with Gasteiger partial charge in [-0.05, 0) is 41.5 Å². The SMILES string of the molecule is CC(C)(C)c1ccc(NC(=O)CCCc2ccccc2)cc1. The second-order valence-corrected chi connectivity index (χ2v) is 6.71. The van der Waals surface area contributed by atoms with Gasteiger partial charge in [0, 0.05) is 12.1 Å². The van der Waals surface area contributed by atoms with E-state index in [1.54, 1.807) is 0 Å². The molecule has 0 bridgehead atoms. The van der Waals surface area contributed by atoms with E-state index in [9.17, 15) is 4.79 Å². The molecule has 1 amide bonds. The zero-order chi connectivity index (χ0) is 16.0. The molecule has 0 aliphatic rings. The third-order valence-electron chi connectivity index (χ3n) is 3.75. The summed E-state index contributed by atoms with van der Waals surface area (Å²) >= 11 is 0. The van der Waals surface area contributed by atoms with Crippen molar-refractivity contribution < 1.29 is 4.79 Å². The molecule has 22 heavy (non-hydrogen) atoms. The Labute approximate surface area is 133 Å². The first-order valence-electron chi connectivity index (χ1n) is 7.89. The normalized spacial score (nSPS) is 11.2. The second kappa shape index (κ2) is 7.26. The van der Waals surface area contributed by atoms with E-state index in [2.05, 4.69) is 50.4 Å². The Hall–Kier alpha value is -2.09. The summed E-state index contributed by atoms with van der Waals surface area (Å²) in [6, 6.07) is 18.4. The topological polar surface area (TPSA) is 29.1 Å². The summed E-state index contributed by atoms with van der Waals surface area (Å²) in [5.74, 6) is 0.0828. The molecule has 2 nitrogen and oxygen atoms in total. The highest BCUT2D eigenvalue weighted by Crippen LogP contribution is 2.23. The lowest BCUT2D eigenvalue weighted by Gasteiger charge is -2.19. The minimum atomic E-state index is 0.0828. The fraction of sp³-hybridized carbons (Fsp3) is 0.350. The number of anilines is 1. The van der Waals surface area contributed by atoms with Gasteiger partial charge >= 0.3 is 0 Å². The van der Waals surface area contributed by atoms with Crippen molar-refractivity contribution in [2.45, 2.75) is 45.4 Å². The van der Waals surface area contributed by atoms with Gasteiger partial charge in [0.1, 0.15) is 0 Å². The zero-order valence-corrected chi connectivity index (χ0v) is 13.7. The van der Waals surface area contributed by atoms with Crippen LogP contribution >= 0.6 is 0 Å². The van der Waals surface area contributed by atoms with Gasteiger partial charge in [-0.1, -0.05) is 63.2 Å². The minimum absolute atomic E-state index is 0.0828. The van der Waals surface area contributed by atoms with Crippen LogP contribution in [-0.4, -0.2) is 5.91 Å². The molecule has 1 N–H and O–H groups in total.